The summed E-state index contributed by atoms with van der Waals surface area (Å²) < 4.78 is 0. The van der Waals surface area contributed by atoms with Gasteiger partial charge in [-0.05, 0) is 55.3 Å². The number of nitrogens with one attached hydrogen (secondary N) is 2. The van der Waals surface area contributed by atoms with Crippen molar-refractivity contribution in [3.05, 3.63) is 77.8 Å². The van der Waals surface area contributed by atoms with Gasteiger partial charge in [-0.3, -0.25) is 14.6 Å². The molecule has 7 heteroatoms. The zero-order valence-corrected chi connectivity index (χ0v) is 19.6. The molecule has 3 aliphatic rings. The van der Waals surface area contributed by atoms with Crippen LogP contribution in [0, 0.1) is 0 Å². The lowest BCUT2D eigenvalue weighted by atomic mass is 9.94. The molecular weight excluding hydrogens is 426 g/mol. The minimum absolute atomic E-state index is 0.00686. The number of benzene rings is 2. The van der Waals surface area contributed by atoms with Gasteiger partial charge in [0.25, 0.3) is 11.8 Å². The van der Waals surface area contributed by atoms with Gasteiger partial charge in [0.2, 0.25) is 0 Å². The van der Waals surface area contributed by atoms with Crippen LogP contribution >= 0.6 is 0 Å². The van der Waals surface area contributed by atoms with E-state index in [9.17, 15) is 9.59 Å². The van der Waals surface area contributed by atoms with Gasteiger partial charge in [0.1, 0.15) is 16.9 Å². The van der Waals surface area contributed by atoms with Crippen molar-refractivity contribution in [2.75, 3.05) is 17.3 Å². The highest BCUT2D eigenvalue weighted by molar-refractivity contribution is 6.07. The fraction of sp³-hybridized carbons (Fsp3) is 0.296. The number of nitrogens with zero attached hydrogens (tertiary/aromatic N) is 3. The highest BCUT2D eigenvalue weighted by Gasteiger charge is 2.52. The van der Waals surface area contributed by atoms with Gasteiger partial charge in [-0.15, -0.1) is 0 Å². The molecule has 172 valence electrons. The summed E-state index contributed by atoms with van der Waals surface area (Å²) >= 11 is 0. The van der Waals surface area contributed by atoms with Gasteiger partial charge in [0, 0.05) is 25.3 Å². The molecule has 0 radical (unpaired) electrons. The summed E-state index contributed by atoms with van der Waals surface area (Å²) in [6.07, 6.45) is 1.28. The number of anilines is 2. The normalized spacial score (nSPS) is 22.7. The topological polar surface area (TPSA) is 77.6 Å². The van der Waals surface area contributed by atoms with Gasteiger partial charge in [0.05, 0.1) is 29.1 Å². The molecule has 1 aliphatic carbocycles. The van der Waals surface area contributed by atoms with Crippen molar-refractivity contribution in [3.63, 3.8) is 0 Å². The zero-order valence-electron chi connectivity index (χ0n) is 19.6. The predicted octanol–water partition coefficient (Wildman–Crippen LogP) is 3.34. The first-order valence-electron chi connectivity index (χ1n) is 11.5. The lowest BCUT2D eigenvalue weighted by Crippen LogP contribution is -2.53. The number of para-hydroxylation sites is 2. The minimum atomic E-state index is -0.696. The van der Waals surface area contributed by atoms with Gasteiger partial charge in [-0.2, -0.15) is 0 Å². The predicted molar refractivity (Wildman–Crippen MR) is 132 cm³/mol. The molecule has 1 atom stereocenters. The molecule has 2 aliphatic heterocycles. The Morgan fingerprint density at radius 2 is 1.79 bits per heavy atom. The number of fused-ring (bicyclic) bond motifs is 3. The molecule has 3 heterocycles. The third kappa shape index (κ3) is 2.86. The van der Waals surface area contributed by atoms with E-state index in [1.54, 1.807) is 0 Å². The molecule has 7 nitrogen and oxygen atoms in total. The number of amides is 2. The molecule has 34 heavy (non-hydrogen) atoms. The van der Waals surface area contributed by atoms with Gasteiger partial charge in [0.15, 0.2) is 0 Å². The van der Waals surface area contributed by atoms with Crippen molar-refractivity contribution in [3.8, 4) is 0 Å². The zero-order chi connectivity index (χ0) is 23.8. The molecule has 1 spiro atoms. The SMILES string of the molecule is C=C1NC(=O)[C@]2(Cc3cc4ccc(CN5C(=O)C(C)(C)Nc6ccccc65)nc4cc3C2)N1C. The maximum Gasteiger partial charge on any atom is 0.252 e. The van der Waals surface area contributed by atoms with E-state index in [0.29, 0.717) is 25.2 Å². The Bertz CT molecular complexity index is 1410. The number of likely N-dealkylation sites (N-methyl/N-ethyl adjacent to an activating group) is 1. The van der Waals surface area contributed by atoms with Gasteiger partial charge in [-0.25, -0.2) is 0 Å². The molecule has 0 unspecified atom stereocenters. The lowest BCUT2D eigenvalue weighted by Gasteiger charge is -2.39. The van der Waals surface area contributed by atoms with Crippen LogP contribution < -0.4 is 15.5 Å². The second-order valence-corrected chi connectivity index (χ2v) is 10.1. The average Bonchev–Trinajstić information content (AvgIpc) is 3.27. The fourth-order valence-corrected chi connectivity index (χ4v) is 5.52. The quantitative estimate of drug-likeness (QED) is 0.622. The van der Waals surface area contributed by atoms with Crippen LogP contribution in [0.15, 0.2) is 60.9 Å². The van der Waals surface area contributed by atoms with Crippen LogP contribution in [-0.2, 0) is 29.0 Å². The molecule has 0 bridgehead atoms. The highest BCUT2D eigenvalue weighted by atomic mass is 16.2. The number of rotatable bonds is 2. The summed E-state index contributed by atoms with van der Waals surface area (Å²) in [5.41, 5.74) is 4.51. The van der Waals surface area contributed by atoms with Crippen LogP contribution in [0.4, 0.5) is 11.4 Å². The van der Waals surface area contributed by atoms with Crippen LogP contribution in [0.2, 0.25) is 0 Å². The van der Waals surface area contributed by atoms with E-state index in [4.69, 9.17) is 4.98 Å². The molecule has 2 amide bonds. The van der Waals surface area contributed by atoms with E-state index < -0.39 is 11.1 Å². The number of carbonyl (C=O) groups is 2. The van der Waals surface area contributed by atoms with Gasteiger partial charge in [-0.1, -0.05) is 24.8 Å². The van der Waals surface area contributed by atoms with Crippen LogP contribution in [-0.4, -0.2) is 39.8 Å². The third-order valence-corrected chi connectivity index (χ3v) is 7.50. The minimum Gasteiger partial charge on any atom is -0.370 e. The van der Waals surface area contributed by atoms with E-state index in [1.165, 1.54) is 5.56 Å². The molecule has 0 saturated carbocycles. The number of aromatic nitrogens is 1. The van der Waals surface area contributed by atoms with Crippen molar-refractivity contribution in [2.24, 2.45) is 0 Å². The fourth-order valence-electron chi connectivity index (χ4n) is 5.52. The van der Waals surface area contributed by atoms with Crippen LogP contribution in [0.25, 0.3) is 10.9 Å². The van der Waals surface area contributed by atoms with Crippen molar-refractivity contribution >= 4 is 34.1 Å². The van der Waals surface area contributed by atoms with Crippen molar-refractivity contribution in [2.45, 2.75) is 44.3 Å². The molecule has 1 saturated heterocycles. The monoisotopic (exact) mass is 453 g/mol. The van der Waals surface area contributed by atoms with E-state index in [1.807, 2.05) is 61.0 Å². The van der Waals surface area contributed by atoms with Crippen LogP contribution in [0.1, 0.15) is 30.7 Å². The molecule has 6 rings (SSSR count). The second kappa shape index (κ2) is 6.82. The molecular formula is C27H27N5O2. The maximum absolute atomic E-state index is 13.2. The molecule has 2 N–H and O–H groups in total. The third-order valence-electron chi connectivity index (χ3n) is 7.50. The Morgan fingerprint density at radius 1 is 1.06 bits per heavy atom. The summed E-state index contributed by atoms with van der Waals surface area (Å²) in [7, 11) is 1.92. The van der Waals surface area contributed by atoms with Crippen molar-refractivity contribution in [1.29, 1.82) is 0 Å². The molecule has 2 aromatic carbocycles. The van der Waals surface area contributed by atoms with Crippen LogP contribution in [0.3, 0.4) is 0 Å². The first-order valence-corrected chi connectivity index (χ1v) is 11.5. The lowest BCUT2D eigenvalue weighted by molar-refractivity contribution is -0.126. The summed E-state index contributed by atoms with van der Waals surface area (Å²) in [5, 5.41) is 7.26. The smallest absolute Gasteiger partial charge is 0.252 e. The summed E-state index contributed by atoms with van der Waals surface area (Å²) in [6.45, 7) is 8.16. The summed E-state index contributed by atoms with van der Waals surface area (Å²) in [4.78, 5) is 34.7. The number of hydrogen-bond donors (Lipinski definition) is 2. The summed E-state index contributed by atoms with van der Waals surface area (Å²) in [6, 6.07) is 16.2. The Labute approximate surface area is 198 Å². The average molecular weight is 454 g/mol. The standard InChI is InChI=1S/C27H27N5O2/c1-16-28-24(33)27(31(16)4)13-18-11-17-9-10-20(29-22(17)12-19(18)14-27)15-32-23-8-6-5-7-21(23)30-26(2,3)25(32)34/h5-12,30H,1,13-15H2,2-4H3,(H,28,33)/t27-/m1/s1. The second-order valence-electron chi connectivity index (χ2n) is 10.1. The van der Waals surface area contributed by atoms with Crippen molar-refractivity contribution < 1.29 is 9.59 Å². The number of pyridine rings is 1. The Morgan fingerprint density at radius 3 is 2.53 bits per heavy atom. The molecule has 1 fully saturated rings. The Kier molecular flexibility index (Phi) is 4.16. The van der Waals surface area contributed by atoms with E-state index in [-0.39, 0.29) is 11.8 Å². The molecule has 1 aromatic heterocycles. The maximum atomic E-state index is 13.2. The Balaban J connectivity index is 1.35. The highest BCUT2D eigenvalue weighted by Crippen LogP contribution is 2.40. The number of hydrogen-bond acceptors (Lipinski definition) is 5. The van der Waals surface area contributed by atoms with Crippen LogP contribution in [0.5, 0.6) is 0 Å². The van der Waals surface area contributed by atoms with E-state index in [0.717, 1.165) is 33.5 Å². The Hall–Kier alpha value is -3.87. The largest absolute Gasteiger partial charge is 0.370 e. The van der Waals surface area contributed by atoms with E-state index in [2.05, 4.69) is 35.4 Å². The van der Waals surface area contributed by atoms with E-state index >= 15 is 0 Å². The first kappa shape index (κ1) is 20.7. The summed E-state index contributed by atoms with van der Waals surface area (Å²) in [5.74, 6) is 0.665. The first-order chi connectivity index (χ1) is 16.2. The number of carbonyl (C=O) groups excluding carboxylic acids is 2. The molecule has 3 aromatic rings. The van der Waals surface area contributed by atoms with Crippen molar-refractivity contribution in [1.82, 2.24) is 15.2 Å². The van der Waals surface area contributed by atoms with Gasteiger partial charge >= 0.3 is 0 Å². The van der Waals surface area contributed by atoms with Gasteiger partial charge < -0.3 is 20.4 Å².